The number of carbonyl (C=O) groups is 2. The number of amides is 2. The van der Waals surface area contributed by atoms with Crippen molar-refractivity contribution in [2.24, 2.45) is 11.3 Å². The Hall–Kier alpha value is -2.25. The van der Waals surface area contributed by atoms with E-state index in [1.807, 2.05) is 15.9 Å². The van der Waals surface area contributed by atoms with Gasteiger partial charge in [-0.3, -0.25) is 14.5 Å². The molecule has 35 heavy (non-hydrogen) atoms. The minimum absolute atomic E-state index is 0.113. The number of rotatable bonds is 4. The first kappa shape index (κ1) is 23.2. The molecule has 0 bridgehead atoms. The van der Waals surface area contributed by atoms with Crippen molar-refractivity contribution in [3.05, 3.63) is 57.0 Å². The van der Waals surface area contributed by atoms with Gasteiger partial charge in [0.1, 0.15) is 5.82 Å². The Morgan fingerprint density at radius 1 is 1.00 bits per heavy atom. The Labute approximate surface area is 210 Å². The molecular weight excluding hydrogens is 461 g/mol. The summed E-state index contributed by atoms with van der Waals surface area (Å²) in [6.45, 7) is 5.42. The van der Waals surface area contributed by atoms with Gasteiger partial charge in [0.15, 0.2) is 0 Å². The fourth-order valence-corrected chi connectivity index (χ4v) is 7.61. The smallest absolute Gasteiger partial charge is 0.264 e. The summed E-state index contributed by atoms with van der Waals surface area (Å²) in [5.74, 6) is 0.454. The van der Waals surface area contributed by atoms with E-state index in [0.717, 1.165) is 88.4 Å². The van der Waals surface area contributed by atoms with E-state index in [9.17, 15) is 14.0 Å². The first-order valence-corrected chi connectivity index (χ1v) is 14.0. The lowest BCUT2D eigenvalue weighted by atomic mass is 9.89. The molecule has 2 aromatic rings. The molecule has 3 heterocycles. The van der Waals surface area contributed by atoms with E-state index in [0.29, 0.717) is 5.91 Å². The first-order valence-electron chi connectivity index (χ1n) is 13.2. The van der Waals surface area contributed by atoms with Gasteiger partial charge >= 0.3 is 0 Å². The summed E-state index contributed by atoms with van der Waals surface area (Å²) >= 11 is 1.63. The third-order valence-corrected chi connectivity index (χ3v) is 9.87. The second kappa shape index (κ2) is 9.32. The van der Waals surface area contributed by atoms with Crippen molar-refractivity contribution in [1.82, 2.24) is 14.7 Å². The quantitative estimate of drug-likeness (QED) is 0.633. The number of fused-ring (bicyclic) bond motifs is 1. The number of carbonyl (C=O) groups excluding carboxylic acids is 2. The summed E-state index contributed by atoms with van der Waals surface area (Å²) in [5, 5.41) is 2.20. The molecule has 4 aliphatic rings. The van der Waals surface area contributed by atoms with Crippen LogP contribution in [0.5, 0.6) is 0 Å². The molecule has 186 valence electrons. The zero-order chi connectivity index (χ0) is 24.0. The molecular formula is C28H34FN3O2S. The van der Waals surface area contributed by atoms with Crippen LogP contribution < -0.4 is 0 Å². The average molecular weight is 496 g/mol. The average Bonchev–Trinajstić information content (AvgIpc) is 3.39. The third-order valence-electron chi connectivity index (χ3n) is 8.81. The molecule has 2 amide bonds. The summed E-state index contributed by atoms with van der Waals surface area (Å²) in [4.78, 5) is 33.9. The number of aryl methyl sites for hydroxylation is 1. The normalized spacial score (nSPS) is 23.9. The lowest BCUT2D eigenvalue weighted by Gasteiger charge is -2.36. The van der Waals surface area contributed by atoms with Crippen molar-refractivity contribution in [1.29, 1.82) is 0 Å². The van der Waals surface area contributed by atoms with Crippen molar-refractivity contribution in [2.75, 3.05) is 39.3 Å². The van der Waals surface area contributed by atoms with Crippen LogP contribution in [-0.2, 0) is 24.2 Å². The van der Waals surface area contributed by atoms with E-state index >= 15 is 0 Å². The van der Waals surface area contributed by atoms with Gasteiger partial charge in [0.05, 0.1) is 4.88 Å². The second-order valence-corrected chi connectivity index (χ2v) is 11.8. The van der Waals surface area contributed by atoms with E-state index in [4.69, 9.17) is 0 Å². The molecule has 7 heteroatoms. The first-order chi connectivity index (χ1) is 17.0. The molecule has 0 N–H and O–H groups in total. The maximum atomic E-state index is 13.5. The van der Waals surface area contributed by atoms with Crippen molar-refractivity contribution in [2.45, 2.75) is 51.5 Å². The van der Waals surface area contributed by atoms with Crippen LogP contribution in [0.15, 0.2) is 29.6 Å². The molecule has 1 atom stereocenters. The fourth-order valence-electron chi connectivity index (χ4n) is 6.49. The summed E-state index contributed by atoms with van der Waals surface area (Å²) in [7, 11) is 0. The number of halogens is 1. The van der Waals surface area contributed by atoms with Gasteiger partial charge < -0.3 is 9.80 Å². The number of benzene rings is 1. The number of hydrogen-bond donors (Lipinski definition) is 0. The monoisotopic (exact) mass is 495 g/mol. The number of thiophene rings is 1. The largest absolute Gasteiger partial charge is 0.340 e. The number of hydrogen-bond acceptors (Lipinski definition) is 4. The molecule has 2 aliphatic heterocycles. The van der Waals surface area contributed by atoms with Crippen molar-refractivity contribution in [3.8, 4) is 0 Å². The zero-order valence-corrected chi connectivity index (χ0v) is 21.1. The molecule has 0 radical (unpaired) electrons. The van der Waals surface area contributed by atoms with Crippen LogP contribution in [0.2, 0.25) is 0 Å². The lowest BCUT2D eigenvalue weighted by Crippen LogP contribution is -2.49. The van der Waals surface area contributed by atoms with Crippen LogP contribution >= 0.6 is 11.3 Å². The highest BCUT2D eigenvalue weighted by atomic mass is 32.1. The van der Waals surface area contributed by atoms with Crippen LogP contribution in [0.1, 0.15) is 58.5 Å². The van der Waals surface area contributed by atoms with E-state index in [-0.39, 0.29) is 23.1 Å². The number of piperidine rings is 1. The highest BCUT2D eigenvalue weighted by Crippen LogP contribution is 2.60. The minimum atomic E-state index is -0.196. The molecule has 1 spiro atoms. The van der Waals surface area contributed by atoms with Crippen LogP contribution in [-0.4, -0.2) is 65.8 Å². The molecule has 3 fully saturated rings. The van der Waals surface area contributed by atoms with E-state index in [2.05, 4.69) is 10.3 Å². The number of likely N-dealkylation sites (tertiary alicyclic amines) is 1. The van der Waals surface area contributed by atoms with Crippen LogP contribution in [0.3, 0.4) is 0 Å². The van der Waals surface area contributed by atoms with Gasteiger partial charge in [-0.25, -0.2) is 4.39 Å². The topological polar surface area (TPSA) is 43.9 Å². The van der Waals surface area contributed by atoms with Gasteiger partial charge in [-0.15, -0.1) is 11.3 Å². The van der Waals surface area contributed by atoms with E-state index in [1.165, 1.54) is 30.0 Å². The van der Waals surface area contributed by atoms with E-state index < -0.39 is 0 Å². The second-order valence-electron chi connectivity index (χ2n) is 10.9. The maximum Gasteiger partial charge on any atom is 0.264 e. The van der Waals surface area contributed by atoms with Crippen molar-refractivity contribution in [3.63, 3.8) is 0 Å². The summed E-state index contributed by atoms with van der Waals surface area (Å²) < 4.78 is 13.5. The Balaban J connectivity index is 0.995. The van der Waals surface area contributed by atoms with Crippen molar-refractivity contribution >= 4 is 23.2 Å². The molecule has 6 rings (SSSR count). The van der Waals surface area contributed by atoms with Crippen LogP contribution in [0.25, 0.3) is 0 Å². The molecule has 1 aromatic carbocycles. The van der Waals surface area contributed by atoms with Gasteiger partial charge in [0.2, 0.25) is 5.91 Å². The Kier molecular flexibility index (Phi) is 6.17. The predicted octanol–water partition coefficient (Wildman–Crippen LogP) is 4.35. The standard InChI is InChI=1S/C28H34FN3O2S/c29-22-6-3-4-20(16-22)18-30-12-14-32(15-13-30)26(33)24-17-28(24)8-10-31(11-9-28)27(34)25-23-7-2-1-5-21(23)19-35-25/h3-4,6,16,19,24H,1-2,5,7-15,17-18H2/t24-/m0/s1. The summed E-state index contributed by atoms with van der Waals surface area (Å²) in [6.07, 6.45) is 7.46. The van der Waals surface area contributed by atoms with Crippen molar-refractivity contribution < 1.29 is 14.0 Å². The van der Waals surface area contributed by atoms with E-state index in [1.54, 1.807) is 23.5 Å². The summed E-state index contributed by atoms with van der Waals surface area (Å²) in [6, 6.07) is 6.78. The van der Waals surface area contributed by atoms with Crippen LogP contribution in [0.4, 0.5) is 4.39 Å². The molecule has 0 unspecified atom stereocenters. The highest BCUT2D eigenvalue weighted by molar-refractivity contribution is 7.12. The lowest BCUT2D eigenvalue weighted by molar-refractivity contribution is -0.135. The van der Waals surface area contributed by atoms with Crippen LogP contribution in [0, 0.1) is 17.2 Å². The Morgan fingerprint density at radius 3 is 2.54 bits per heavy atom. The molecule has 2 saturated heterocycles. The van der Waals surface area contributed by atoms with Gasteiger partial charge in [-0.2, -0.15) is 0 Å². The van der Waals surface area contributed by atoms with Gasteiger partial charge in [0.25, 0.3) is 5.91 Å². The maximum absolute atomic E-state index is 13.5. The number of nitrogens with zero attached hydrogens (tertiary/aromatic N) is 3. The molecule has 2 aliphatic carbocycles. The van der Waals surface area contributed by atoms with Gasteiger partial charge in [-0.05, 0) is 84.6 Å². The summed E-state index contributed by atoms with van der Waals surface area (Å²) in [5.41, 5.74) is 3.79. The Bertz CT molecular complexity index is 1120. The highest BCUT2D eigenvalue weighted by Gasteiger charge is 2.59. The van der Waals surface area contributed by atoms with Gasteiger partial charge in [0, 0.05) is 51.7 Å². The molecule has 1 saturated carbocycles. The molecule has 1 aromatic heterocycles. The predicted molar refractivity (Wildman–Crippen MR) is 135 cm³/mol. The zero-order valence-electron chi connectivity index (χ0n) is 20.3. The SMILES string of the molecule is O=C(c1scc2c1CCCC2)N1CCC2(CC1)C[C@H]2C(=O)N1CCN(Cc2cccc(F)c2)CC1. The number of piperazine rings is 1. The molecule has 5 nitrogen and oxygen atoms in total. The minimum Gasteiger partial charge on any atom is -0.340 e. The third kappa shape index (κ3) is 4.53. The van der Waals surface area contributed by atoms with Gasteiger partial charge in [-0.1, -0.05) is 12.1 Å². The Morgan fingerprint density at radius 2 is 1.77 bits per heavy atom. The fraction of sp³-hybridized carbons (Fsp3) is 0.571.